The van der Waals surface area contributed by atoms with E-state index in [9.17, 15) is 0 Å². The predicted octanol–water partition coefficient (Wildman–Crippen LogP) is 3.43. The summed E-state index contributed by atoms with van der Waals surface area (Å²) in [7, 11) is 4.34. The van der Waals surface area contributed by atoms with Crippen molar-refractivity contribution in [1.29, 1.82) is 0 Å². The summed E-state index contributed by atoms with van der Waals surface area (Å²) in [5.41, 5.74) is 4.69. The third-order valence-corrected chi connectivity index (χ3v) is 6.74. The van der Waals surface area contributed by atoms with Crippen molar-refractivity contribution < 1.29 is 0 Å². The highest BCUT2D eigenvalue weighted by molar-refractivity contribution is 5.22. The van der Waals surface area contributed by atoms with Crippen LogP contribution in [0.5, 0.6) is 0 Å². The Morgan fingerprint density at radius 1 is 1.12 bits per heavy atom. The van der Waals surface area contributed by atoms with Crippen LogP contribution in [0.15, 0.2) is 36.5 Å². The van der Waals surface area contributed by atoms with Crippen LogP contribution in [0.1, 0.15) is 42.0 Å². The highest BCUT2D eigenvalue weighted by atomic mass is 15.3. The van der Waals surface area contributed by atoms with Crippen molar-refractivity contribution in [1.82, 2.24) is 19.6 Å². The molecule has 0 bridgehead atoms. The van der Waals surface area contributed by atoms with Crippen LogP contribution in [0.4, 0.5) is 0 Å². The van der Waals surface area contributed by atoms with Crippen molar-refractivity contribution in [2.24, 2.45) is 12.5 Å². The van der Waals surface area contributed by atoms with Gasteiger partial charge in [-0.1, -0.05) is 30.3 Å². The zero-order valence-corrected chi connectivity index (χ0v) is 16.5. The molecule has 1 aromatic carbocycles. The van der Waals surface area contributed by atoms with Gasteiger partial charge in [0.25, 0.3) is 0 Å². The van der Waals surface area contributed by atoms with Gasteiger partial charge in [-0.25, -0.2) is 0 Å². The number of hydrogen-bond acceptors (Lipinski definition) is 3. The normalized spacial score (nSPS) is 24.2. The first-order chi connectivity index (χ1) is 12.5. The molecule has 4 rings (SSSR count). The minimum atomic E-state index is 0.494. The zero-order chi connectivity index (χ0) is 18.1. The van der Waals surface area contributed by atoms with Crippen LogP contribution >= 0.6 is 0 Å². The number of rotatable bonds is 3. The molecule has 2 aliphatic rings. The van der Waals surface area contributed by atoms with Crippen molar-refractivity contribution in [2.45, 2.75) is 38.6 Å². The molecule has 140 valence electrons. The van der Waals surface area contributed by atoms with Gasteiger partial charge in [-0.2, -0.15) is 5.10 Å². The van der Waals surface area contributed by atoms with E-state index in [-0.39, 0.29) is 0 Å². The highest BCUT2D eigenvalue weighted by Gasteiger charge is 2.41. The van der Waals surface area contributed by atoms with E-state index in [1.165, 1.54) is 62.3 Å². The summed E-state index contributed by atoms with van der Waals surface area (Å²) in [4.78, 5) is 5.20. The fourth-order valence-electron chi connectivity index (χ4n) is 5.10. The van der Waals surface area contributed by atoms with Gasteiger partial charge in [-0.15, -0.1) is 0 Å². The van der Waals surface area contributed by atoms with Gasteiger partial charge >= 0.3 is 0 Å². The maximum atomic E-state index is 4.40. The second-order valence-corrected chi connectivity index (χ2v) is 8.66. The lowest BCUT2D eigenvalue weighted by Gasteiger charge is -2.49. The largest absolute Gasteiger partial charge is 0.305 e. The van der Waals surface area contributed by atoms with Gasteiger partial charge in [0.1, 0.15) is 0 Å². The van der Waals surface area contributed by atoms with E-state index in [1.807, 2.05) is 17.9 Å². The quantitative estimate of drug-likeness (QED) is 0.846. The third-order valence-electron chi connectivity index (χ3n) is 6.74. The first-order valence-corrected chi connectivity index (χ1v) is 9.98. The molecule has 0 saturated carbocycles. The van der Waals surface area contributed by atoms with Gasteiger partial charge in [0.2, 0.25) is 0 Å². The third kappa shape index (κ3) is 3.58. The van der Waals surface area contributed by atoms with Gasteiger partial charge in [0, 0.05) is 37.9 Å². The van der Waals surface area contributed by atoms with Gasteiger partial charge in [-0.05, 0) is 63.2 Å². The van der Waals surface area contributed by atoms with Crippen LogP contribution in [-0.2, 0) is 13.6 Å². The molecule has 0 radical (unpaired) electrons. The van der Waals surface area contributed by atoms with Crippen LogP contribution in [0, 0.1) is 12.3 Å². The first kappa shape index (κ1) is 17.7. The Morgan fingerprint density at radius 2 is 1.85 bits per heavy atom. The van der Waals surface area contributed by atoms with Crippen LogP contribution in [-0.4, -0.2) is 52.8 Å². The van der Waals surface area contributed by atoms with E-state index in [0.717, 1.165) is 6.54 Å². The molecule has 1 spiro atoms. The molecular weight excluding hydrogens is 320 g/mol. The van der Waals surface area contributed by atoms with Crippen molar-refractivity contribution >= 4 is 0 Å². The standard InChI is InChI=1S/C22H32N4/c1-18-21(14-23-25(18)3)16-26-11-9-22(10-12-26)13-20(15-24(2)17-22)19-7-5-4-6-8-19/h4-8,14,20H,9-13,15-17H2,1-3H3/t20-/m0/s1. The van der Waals surface area contributed by atoms with Crippen LogP contribution in [0.3, 0.4) is 0 Å². The Hall–Kier alpha value is -1.65. The number of likely N-dealkylation sites (N-methyl/N-ethyl adjacent to an activating group) is 1. The fourth-order valence-corrected chi connectivity index (χ4v) is 5.10. The number of aromatic nitrogens is 2. The molecule has 26 heavy (non-hydrogen) atoms. The highest BCUT2D eigenvalue weighted by Crippen LogP contribution is 2.44. The van der Waals surface area contributed by atoms with Crippen molar-refractivity contribution in [3.63, 3.8) is 0 Å². The minimum absolute atomic E-state index is 0.494. The van der Waals surface area contributed by atoms with E-state index >= 15 is 0 Å². The Balaban J connectivity index is 1.41. The molecule has 2 aliphatic heterocycles. The molecule has 0 aliphatic carbocycles. The molecule has 0 unspecified atom stereocenters. The summed E-state index contributed by atoms with van der Waals surface area (Å²) in [6, 6.07) is 11.1. The first-order valence-electron chi connectivity index (χ1n) is 9.98. The minimum Gasteiger partial charge on any atom is -0.305 e. The number of likely N-dealkylation sites (tertiary alicyclic amines) is 2. The topological polar surface area (TPSA) is 24.3 Å². The van der Waals surface area contributed by atoms with Gasteiger partial charge in [0.15, 0.2) is 0 Å². The fraction of sp³-hybridized carbons (Fsp3) is 0.591. The van der Waals surface area contributed by atoms with Crippen LogP contribution < -0.4 is 0 Å². The molecule has 4 nitrogen and oxygen atoms in total. The molecule has 4 heteroatoms. The monoisotopic (exact) mass is 352 g/mol. The van der Waals surface area contributed by atoms with E-state index in [2.05, 4.69) is 59.2 Å². The van der Waals surface area contributed by atoms with Crippen molar-refractivity contribution in [2.75, 3.05) is 33.2 Å². The summed E-state index contributed by atoms with van der Waals surface area (Å²) in [6.07, 6.45) is 6.03. The maximum absolute atomic E-state index is 4.40. The van der Waals surface area contributed by atoms with E-state index in [0.29, 0.717) is 11.3 Å². The van der Waals surface area contributed by atoms with Crippen LogP contribution in [0.2, 0.25) is 0 Å². The second kappa shape index (κ2) is 7.16. The number of benzene rings is 1. The van der Waals surface area contributed by atoms with E-state index < -0.39 is 0 Å². The van der Waals surface area contributed by atoms with E-state index in [4.69, 9.17) is 0 Å². The zero-order valence-electron chi connectivity index (χ0n) is 16.5. The Morgan fingerprint density at radius 3 is 2.50 bits per heavy atom. The molecule has 2 aromatic rings. The lowest BCUT2D eigenvalue weighted by atomic mass is 9.68. The van der Waals surface area contributed by atoms with Crippen molar-refractivity contribution in [3.05, 3.63) is 53.3 Å². The summed E-state index contributed by atoms with van der Waals surface area (Å²) in [6.45, 7) is 8.11. The second-order valence-electron chi connectivity index (χ2n) is 8.66. The molecule has 2 fully saturated rings. The van der Waals surface area contributed by atoms with Crippen LogP contribution in [0.25, 0.3) is 0 Å². The summed E-state index contributed by atoms with van der Waals surface area (Å²) < 4.78 is 1.99. The average molecular weight is 353 g/mol. The average Bonchev–Trinajstić information content (AvgIpc) is 2.96. The molecule has 1 aromatic heterocycles. The molecule has 0 amide bonds. The van der Waals surface area contributed by atoms with Crippen molar-refractivity contribution in [3.8, 4) is 0 Å². The summed E-state index contributed by atoms with van der Waals surface area (Å²) >= 11 is 0. The Bertz CT molecular complexity index is 728. The van der Waals surface area contributed by atoms with Gasteiger partial charge in [0.05, 0.1) is 6.20 Å². The lowest BCUT2D eigenvalue weighted by molar-refractivity contribution is 0.0218. The molecule has 3 heterocycles. The predicted molar refractivity (Wildman–Crippen MR) is 106 cm³/mol. The number of hydrogen-bond donors (Lipinski definition) is 0. The number of nitrogens with zero attached hydrogens (tertiary/aromatic N) is 4. The Labute approximate surface area is 157 Å². The summed E-state index contributed by atoms with van der Waals surface area (Å²) in [5, 5.41) is 4.40. The Kier molecular flexibility index (Phi) is 4.89. The number of aryl methyl sites for hydroxylation is 1. The maximum Gasteiger partial charge on any atom is 0.0537 e. The molecule has 1 atom stereocenters. The van der Waals surface area contributed by atoms with Gasteiger partial charge in [-0.3, -0.25) is 9.58 Å². The molecular formula is C22H32N4. The van der Waals surface area contributed by atoms with E-state index in [1.54, 1.807) is 0 Å². The smallest absolute Gasteiger partial charge is 0.0537 e. The summed E-state index contributed by atoms with van der Waals surface area (Å²) in [5.74, 6) is 0.682. The lowest BCUT2D eigenvalue weighted by Crippen LogP contribution is -2.50. The SMILES string of the molecule is Cc1c(CN2CCC3(CC2)C[C@H](c2ccccc2)CN(C)C3)cnn1C. The van der Waals surface area contributed by atoms with Gasteiger partial charge < -0.3 is 4.90 Å². The molecule has 2 saturated heterocycles. The number of piperidine rings is 2. The molecule has 0 N–H and O–H groups in total.